The summed E-state index contributed by atoms with van der Waals surface area (Å²) in [7, 11) is -2.48. The number of carbonyl (C=O) groups is 3. The number of imide groups is 1. The number of ether oxygens (including phenoxy) is 2. The highest BCUT2D eigenvalue weighted by Crippen LogP contribution is 2.53. The quantitative estimate of drug-likeness (QED) is 0.260. The number of halogens is 3. The zero-order valence-electron chi connectivity index (χ0n) is 28.7. The number of benzene rings is 1. The Morgan fingerprint density at radius 2 is 1.88 bits per heavy atom. The number of fused-ring (bicyclic) bond motifs is 1. The molecule has 3 fully saturated rings. The zero-order valence-corrected chi connectivity index (χ0v) is 29.5. The molecular weight excluding hydrogens is 705 g/mol. The molecule has 5 atom stereocenters. The first kappa shape index (κ1) is 37.2. The topological polar surface area (TPSA) is 174 Å². The number of hydrogen-bond acceptors (Lipinski definition) is 11. The number of alkyl halides is 3. The van der Waals surface area contributed by atoms with Crippen LogP contribution in [0.3, 0.4) is 0 Å². The van der Waals surface area contributed by atoms with Crippen LogP contribution in [0.1, 0.15) is 45.1 Å². The molecule has 0 spiro atoms. The fourth-order valence-corrected chi connectivity index (χ4v) is 7.98. The Balaban J connectivity index is 1.41. The molecule has 3 N–H and O–H groups in total. The lowest BCUT2D eigenvalue weighted by atomic mass is 10.0. The Labute approximate surface area is 298 Å². The van der Waals surface area contributed by atoms with Crippen molar-refractivity contribution in [2.24, 2.45) is 17.6 Å². The highest BCUT2D eigenvalue weighted by atomic mass is 32.2. The molecule has 3 heterocycles. The summed E-state index contributed by atoms with van der Waals surface area (Å²) < 4.78 is 80.2. The monoisotopic (exact) mass is 744 g/mol. The van der Waals surface area contributed by atoms with Gasteiger partial charge in [-0.15, -0.1) is 6.58 Å². The lowest BCUT2D eigenvalue weighted by molar-refractivity contribution is -0.138. The Bertz CT molecular complexity index is 2010. The van der Waals surface area contributed by atoms with Crippen LogP contribution in [0.4, 0.5) is 19.0 Å². The Hall–Kier alpha value is -4.61. The maximum atomic E-state index is 14.8. The van der Waals surface area contributed by atoms with Crippen LogP contribution in [0, 0.1) is 11.8 Å². The molecule has 3 amide bonds. The van der Waals surface area contributed by atoms with Crippen LogP contribution in [0.5, 0.6) is 11.6 Å². The van der Waals surface area contributed by atoms with Gasteiger partial charge >= 0.3 is 6.18 Å². The van der Waals surface area contributed by atoms with Crippen LogP contribution in [0.25, 0.3) is 10.8 Å². The minimum Gasteiger partial charge on any atom is -0.497 e. The van der Waals surface area contributed by atoms with E-state index in [1.165, 1.54) is 24.3 Å². The average Bonchev–Trinajstić information content (AvgIpc) is 4.04. The maximum absolute atomic E-state index is 14.8. The second kappa shape index (κ2) is 13.7. The third-order valence-corrected chi connectivity index (χ3v) is 11.7. The van der Waals surface area contributed by atoms with Crippen molar-refractivity contribution in [2.45, 2.75) is 74.7 Å². The van der Waals surface area contributed by atoms with Gasteiger partial charge in [-0.1, -0.05) is 19.9 Å². The number of nitrogens with two attached hydrogens (primary N) is 1. The van der Waals surface area contributed by atoms with Crippen molar-refractivity contribution < 1.29 is 45.4 Å². The lowest BCUT2D eigenvalue weighted by Gasteiger charge is -2.35. The zero-order chi connectivity index (χ0) is 37.7. The van der Waals surface area contributed by atoms with Crippen molar-refractivity contribution in [3.8, 4) is 11.6 Å². The van der Waals surface area contributed by atoms with Crippen molar-refractivity contribution in [3.63, 3.8) is 0 Å². The normalized spacial score (nSPS) is 24.0. The summed E-state index contributed by atoms with van der Waals surface area (Å²) in [6.45, 7) is 7.02. The molecule has 0 unspecified atom stereocenters. The molecule has 2 saturated carbocycles. The maximum Gasteiger partial charge on any atom is 0.417 e. The Kier molecular flexibility index (Phi) is 9.82. The number of likely N-dealkylation sites (tertiary alicyclic amines) is 1. The largest absolute Gasteiger partial charge is 0.497 e. The molecule has 13 nitrogen and oxygen atoms in total. The number of nitrogens with zero attached hydrogens (tertiary/aromatic N) is 4. The van der Waals surface area contributed by atoms with E-state index in [1.807, 2.05) is 0 Å². The van der Waals surface area contributed by atoms with E-state index in [0.29, 0.717) is 41.1 Å². The van der Waals surface area contributed by atoms with Crippen LogP contribution in [-0.4, -0.2) is 83.6 Å². The predicted molar refractivity (Wildman–Crippen MR) is 183 cm³/mol. The summed E-state index contributed by atoms with van der Waals surface area (Å²) in [5.41, 5.74) is 3.54. The van der Waals surface area contributed by atoms with Gasteiger partial charge in [0.05, 0.1) is 30.0 Å². The van der Waals surface area contributed by atoms with Gasteiger partial charge in [0.15, 0.2) is 0 Å². The summed E-state index contributed by atoms with van der Waals surface area (Å²) in [5.74, 6) is -3.38. The molecule has 3 aromatic rings. The SMILES string of the molecule is C=C[C@@H]1C[C@@]1(C(=O)NS(=O)(=O)C1CC1)N1C[C@H](Oc2nccc3cc(OC)ccc23)C[C@H]1C(=O)N(C(=O)[C@@H](N)C(C)C)c1ccc(C(F)(F)F)cn1. The van der Waals surface area contributed by atoms with E-state index in [0.717, 1.165) is 11.5 Å². The van der Waals surface area contributed by atoms with Gasteiger partial charge in [-0.2, -0.15) is 13.2 Å². The van der Waals surface area contributed by atoms with Gasteiger partial charge in [0.1, 0.15) is 23.2 Å². The summed E-state index contributed by atoms with van der Waals surface area (Å²) in [6.07, 6.45) is -1.26. The number of amides is 3. The fraction of sp³-hybridized carbons (Fsp3) is 0.457. The van der Waals surface area contributed by atoms with E-state index in [1.54, 1.807) is 38.1 Å². The second-order valence-electron chi connectivity index (χ2n) is 13.7. The molecule has 2 aromatic heterocycles. The molecule has 6 rings (SSSR count). The average molecular weight is 745 g/mol. The van der Waals surface area contributed by atoms with Crippen molar-refractivity contribution >= 4 is 44.3 Å². The van der Waals surface area contributed by atoms with Crippen molar-refractivity contribution in [1.29, 1.82) is 0 Å². The first-order valence-corrected chi connectivity index (χ1v) is 18.3. The van der Waals surface area contributed by atoms with Gasteiger partial charge < -0.3 is 15.2 Å². The molecule has 1 aromatic carbocycles. The van der Waals surface area contributed by atoms with Crippen molar-refractivity contribution in [2.75, 3.05) is 18.6 Å². The highest BCUT2D eigenvalue weighted by molar-refractivity contribution is 7.91. The van der Waals surface area contributed by atoms with Crippen LogP contribution in [0.15, 0.2) is 61.4 Å². The molecule has 1 aliphatic heterocycles. The number of nitrogens with one attached hydrogen (secondary N) is 1. The summed E-state index contributed by atoms with van der Waals surface area (Å²) in [4.78, 5) is 53.1. The Morgan fingerprint density at radius 3 is 2.46 bits per heavy atom. The van der Waals surface area contributed by atoms with Crippen molar-refractivity contribution in [1.82, 2.24) is 19.6 Å². The van der Waals surface area contributed by atoms with Crippen LogP contribution in [0.2, 0.25) is 0 Å². The molecule has 0 radical (unpaired) electrons. The molecule has 2 aliphatic carbocycles. The predicted octanol–water partition coefficient (Wildman–Crippen LogP) is 3.58. The standard InChI is InChI=1S/C35H39F3N6O7S/c1-5-21-16-34(21,33(47)42-52(48,49)25-8-9-25)43-18-24(51-30-26-10-7-23(50-4)14-20(26)12-13-40-30)15-27(43)31(45)44(32(46)29(39)19(2)3)28-11-6-22(17-41-28)35(36,37)38/h5-7,10-14,17,19,21,24-25,27,29H,1,8-9,15-16,18,39H2,2-4H3,(H,42,47)/t21-,24-,27+,29+,34-/m1/s1. The number of aromatic nitrogens is 2. The van der Waals surface area contributed by atoms with Gasteiger partial charge in [-0.05, 0) is 67.0 Å². The second-order valence-corrected chi connectivity index (χ2v) is 15.6. The Morgan fingerprint density at radius 1 is 1.15 bits per heavy atom. The number of sulfonamides is 1. The third kappa shape index (κ3) is 6.96. The third-order valence-electron chi connectivity index (χ3n) is 9.88. The van der Waals surface area contributed by atoms with Gasteiger partial charge in [-0.3, -0.25) is 24.0 Å². The number of carbonyl (C=O) groups excluding carboxylic acids is 3. The van der Waals surface area contributed by atoms with Gasteiger partial charge in [0, 0.05) is 36.7 Å². The van der Waals surface area contributed by atoms with Gasteiger partial charge in [0.25, 0.3) is 17.7 Å². The van der Waals surface area contributed by atoms with Gasteiger partial charge in [0.2, 0.25) is 15.9 Å². The van der Waals surface area contributed by atoms with Crippen LogP contribution in [-0.2, 0) is 30.6 Å². The lowest BCUT2D eigenvalue weighted by Crippen LogP contribution is -2.60. The fourth-order valence-electron chi connectivity index (χ4n) is 6.62. The van der Waals surface area contributed by atoms with E-state index >= 15 is 0 Å². The minimum absolute atomic E-state index is 0.0927. The molecular formula is C35H39F3N6O7S. The molecule has 52 heavy (non-hydrogen) atoms. The van der Waals surface area contributed by atoms with E-state index in [9.17, 15) is 36.0 Å². The molecule has 17 heteroatoms. The van der Waals surface area contributed by atoms with E-state index in [4.69, 9.17) is 15.2 Å². The number of rotatable bonds is 12. The van der Waals surface area contributed by atoms with E-state index in [2.05, 4.69) is 21.3 Å². The van der Waals surface area contributed by atoms with Crippen LogP contribution < -0.4 is 24.8 Å². The molecule has 0 bridgehead atoms. The summed E-state index contributed by atoms with van der Waals surface area (Å²) in [6, 6.07) is 6.04. The first-order chi connectivity index (χ1) is 24.5. The first-order valence-electron chi connectivity index (χ1n) is 16.7. The number of methoxy groups -OCH3 is 1. The minimum atomic E-state index is -4.74. The van der Waals surface area contributed by atoms with E-state index in [-0.39, 0.29) is 25.3 Å². The summed E-state index contributed by atoms with van der Waals surface area (Å²) >= 11 is 0. The molecule has 278 valence electrons. The molecule has 1 saturated heterocycles. The van der Waals surface area contributed by atoms with E-state index < -0.39 is 86.1 Å². The van der Waals surface area contributed by atoms with Crippen LogP contribution >= 0.6 is 0 Å². The van der Waals surface area contributed by atoms with Gasteiger partial charge in [-0.25, -0.2) is 23.3 Å². The van der Waals surface area contributed by atoms with Crippen molar-refractivity contribution in [3.05, 3.63) is 67.0 Å². The smallest absolute Gasteiger partial charge is 0.417 e. The number of anilines is 1. The number of hydrogen-bond donors (Lipinski definition) is 2. The summed E-state index contributed by atoms with van der Waals surface area (Å²) in [5, 5.41) is 0.653. The highest BCUT2D eigenvalue weighted by Gasteiger charge is 2.67. The molecule has 3 aliphatic rings. The number of pyridine rings is 2.